The number of aliphatic hydroxyl groups is 1. The Morgan fingerprint density at radius 3 is 2.73 bits per heavy atom. The molecular formula is C9H17NO. The van der Waals surface area contributed by atoms with Gasteiger partial charge in [-0.05, 0) is 26.8 Å². The van der Waals surface area contributed by atoms with Crippen LogP contribution < -0.4 is 0 Å². The minimum atomic E-state index is -0.303. The van der Waals surface area contributed by atoms with E-state index in [9.17, 15) is 0 Å². The molecule has 1 unspecified atom stereocenters. The van der Waals surface area contributed by atoms with Gasteiger partial charge < -0.3 is 5.11 Å². The van der Waals surface area contributed by atoms with Crippen molar-refractivity contribution in [3.05, 3.63) is 12.2 Å². The quantitative estimate of drug-likeness (QED) is 0.613. The molecule has 0 heterocycles. The molecule has 0 spiro atoms. The van der Waals surface area contributed by atoms with Gasteiger partial charge in [-0.3, -0.25) is 4.90 Å². The van der Waals surface area contributed by atoms with E-state index in [1.165, 1.54) is 12.8 Å². The van der Waals surface area contributed by atoms with Crippen LogP contribution in [0.2, 0.25) is 0 Å². The van der Waals surface area contributed by atoms with E-state index in [-0.39, 0.29) is 6.10 Å². The fourth-order valence-corrected chi connectivity index (χ4v) is 1.09. The maximum absolute atomic E-state index is 8.91. The largest absolute Gasteiger partial charge is 0.389 e. The zero-order chi connectivity index (χ0) is 8.27. The zero-order valence-corrected chi connectivity index (χ0v) is 7.33. The molecule has 0 aromatic rings. The Morgan fingerprint density at radius 2 is 2.27 bits per heavy atom. The second-order valence-corrected chi connectivity index (χ2v) is 3.34. The predicted molar refractivity (Wildman–Crippen MR) is 46.5 cm³/mol. The van der Waals surface area contributed by atoms with Crippen LogP contribution in [0.4, 0.5) is 0 Å². The van der Waals surface area contributed by atoms with Gasteiger partial charge >= 0.3 is 0 Å². The van der Waals surface area contributed by atoms with Crippen molar-refractivity contribution in [1.29, 1.82) is 0 Å². The second kappa shape index (κ2) is 3.88. The average molecular weight is 155 g/mol. The smallest absolute Gasteiger partial charge is 0.0693 e. The zero-order valence-electron chi connectivity index (χ0n) is 7.33. The SMILES string of the molecule is CC(O)/C=C/CN(C)C1CC1. The van der Waals surface area contributed by atoms with Crippen molar-refractivity contribution in [2.24, 2.45) is 0 Å². The van der Waals surface area contributed by atoms with E-state index >= 15 is 0 Å². The van der Waals surface area contributed by atoms with Crippen molar-refractivity contribution in [2.75, 3.05) is 13.6 Å². The lowest BCUT2D eigenvalue weighted by molar-refractivity contribution is 0.243. The van der Waals surface area contributed by atoms with Crippen LogP contribution >= 0.6 is 0 Å². The van der Waals surface area contributed by atoms with Crippen LogP contribution in [-0.4, -0.2) is 35.7 Å². The molecule has 1 fully saturated rings. The molecule has 2 heteroatoms. The highest BCUT2D eigenvalue weighted by Gasteiger charge is 2.24. The molecule has 0 aromatic carbocycles. The molecule has 0 aliphatic heterocycles. The van der Waals surface area contributed by atoms with Gasteiger partial charge in [-0.2, -0.15) is 0 Å². The summed E-state index contributed by atoms with van der Waals surface area (Å²) < 4.78 is 0. The fraction of sp³-hybridized carbons (Fsp3) is 0.778. The maximum atomic E-state index is 8.91. The summed E-state index contributed by atoms with van der Waals surface area (Å²) in [4.78, 5) is 2.32. The number of hydrogen-bond donors (Lipinski definition) is 1. The van der Waals surface area contributed by atoms with Crippen LogP contribution in [0.15, 0.2) is 12.2 Å². The molecule has 0 aromatic heterocycles. The van der Waals surface area contributed by atoms with Gasteiger partial charge in [0.1, 0.15) is 0 Å². The van der Waals surface area contributed by atoms with Gasteiger partial charge in [0.25, 0.3) is 0 Å². The Balaban J connectivity index is 2.09. The third-order valence-electron chi connectivity index (χ3n) is 1.98. The summed E-state index contributed by atoms with van der Waals surface area (Å²) in [7, 11) is 2.13. The van der Waals surface area contributed by atoms with Crippen molar-refractivity contribution in [3.8, 4) is 0 Å². The molecule has 0 bridgehead atoms. The van der Waals surface area contributed by atoms with Crippen LogP contribution in [0, 0.1) is 0 Å². The van der Waals surface area contributed by atoms with Crippen molar-refractivity contribution in [1.82, 2.24) is 4.90 Å². The summed E-state index contributed by atoms with van der Waals surface area (Å²) in [6.45, 7) is 2.74. The van der Waals surface area contributed by atoms with Crippen LogP contribution in [0.25, 0.3) is 0 Å². The van der Waals surface area contributed by atoms with Crippen LogP contribution in [0.1, 0.15) is 19.8 Å². The van der Waals surface area contributed by atoms with Crippen LogP contribution in [-0.2, 0) is 0 Å². The van der Waals surface area contributed by atoms with E-state index in [1.807, 2.05) is 12.2 Å². The highest BCUT2D eigenvalue weighted by Crippen LogP contribution is 2.24. The van der Waals surface area contributed by atoms with Gasteiger partial charge in [-0.1, -0.05) is 12.2 Å². The third kappa shape index (κ3) is 3.54. The lowest BCUT2D eigenvalue weighted by Gasteiger charge is -2.11. The van der Waals surface area contributed by atoms with Gasteiger partial charge in [-0.25, -0.2) is 0 Å². The second-order valence-electron chi connectivity index (χ2n) is 3.34. The Labute approximate surface area is 68.5 Å². The molecule has 1 N–H and O–H groups in total. The van der Waals surface area contributed by atoms with Gasteiger partial charge in [0, 0.05) is 12.6 Å². The molecule has 1 rings (SSSR count). The van der Waals surface area contributed by atoms with E-state index < -0.39 is 0 Å². The summed E-state index contributed by atoms with van der Waals surface area (Å²) in [5.41, 5.74) is 0. The molecule has 0 saturated heterocycles. The highest BCUT2D eigenvalue weighted by atomic mass is 16.3. The van der Waals surface area contributed by atoms with E-state index in [4.69, 9.17) is 5.11 Å². The summed E-state index contributed by atoms with van der Waals surface area (Å²) in [6, 6.07) is 0.814. The fourth-order valence-electron chi connectivity index (χ4n) is 1.09. The first-order valence-corrected chi connectivity index (χ1v) is 4.25. The first-order valence-electron chi connectivity index (χ1n) is 4.25. The molecule has 1 aliphatic rings. The molecule has 11 heavy (non-hydrogen) atoms. The summed E-state index contributed by atoms with van der Waals surface area (Å²) in [5, 5.41) is 8.91. The Hall–Kier alpha value is -0.340. The van der Waals surface area contributed by atoms with Crippen molar-refractivity contribution >= 4 is 0 Å². The molecule has 1 aliphatic carbocycles. The number of rotatable bonds is 4. The monoisotopic (exact) mass is 155 g/mol. The standard InChI is InChI=1S/C9H17NO/c1-8(11)4-3-7-10(2)9-5-6-9/h3-4,8-9,11H,5-7H2,1-2H3/b4-3+. The van der Waals surface area contributed by atoms with E-state index in [0.717, 1.165) is 12.6 Å². The van der Waals surface area contributed by atoms with Gasteiger partial charge in [0.2, 0.25) is 0 Å². The molecule has 0 radical (unpaired) electrons. The first kappa shape index (κ1) is 8.75. The lowest BCUT2D eigenvalue weighted by atomic mass is 10.3. The number of nitrogens with zero attached hydrogens (tertiary/aromatic N) is 1. The van der Waals surface area contributed by atoms with Gasteiger partial charge in [0.15, 0.2) is 0 Å². The minimum absolute atomic E-state index is 0.303. The summed E-state index contributed by atoms with van der Waals surface area (Å²) in [6.07, 6.45) is 6.25. The summed E-state index contributed by atoms with van der Waals surface area (Å²) >= 11 is 0. The predicted octanol–water partition coefficient (Wildman–Crippen LogP) is 1.02. The average Bonchev–Trinajstić information content (AvgIpc) is 2.66. The topological polar surface area (TPSA) is 23.5 Å². The Kier molecular flexibility index (Phi) is 3.09. The Bertz CT molecular complexity index is 138. The van der Waals surface area contributed by atoms with E-state index in [1.54, 1.807) is 6.92 Å². The third-order valence-corrected chi connectivity index (χ3v) is 1.98. The van der Waals surface area contributed by atoms with E-state index in [0.29, 0.717) is 0 Å². The van der Waals surface area contributed by atoms with Gasteiger partial charge in [-0.15, -0.1) is 0 Å². The molecule has 1 atom stereocenters. The number of hydrogen-bond acceptors (Lipinski definition) is 2. The highest BCUT2D eigenvalue weighted by molar-refractivity contribution is 4.92. The maximum Gasteiger partial charge on any atom is 0.0693 e. The molecule has 0 amide bonds. The Morgan fingerprint density at radius 1 is 1.64 bits per heavy atom. The summed E-state index contributed by atoms with van der Waals surface area (Å²) in [5.74, 6) is 0. The molecule has 2 nitrogen and oxygen atoms in total. The lowest BCUT2D eigenvalue weighted by Crippen LogP contribution is -2.20. The van der Waals surface area contributed by atoms with E-state index in [2.05, 4.69) is 11.9 Å². The minimum Gasteiger partial charge on any atom is -0.389 e. The molecule has 1 saturated carbocycles. The normalized spacial score (nSPS) is 21.5. The van der Waals surface area contributed by atoms with Crippen LogP contribution in [0.3, 0.4) is 0 Å². The number of aliphatic hydroxyl groups excluding tert-OH is 1. The molecule has 64 valence electrons. The van der Waals surface area contributed by atoms with Gasteiger partial charge in [0.05, 0.1) is 6.10 Å². The van der Waals surface area contributed by atoms with Crippen molar-refractivity contribution < 1.29 is 5.11 Å². The van der Waals surface area contributed by atoms with Crippen LogP contribution in [0.5, 0.6) is 0 Å². The molecular weight excluding hydrogens is 138 g/mol. The van der Waals surface area contributed by atoms with Crippen molar-refractivity contribution in [2.45, 2.75) is 31.9 Å². The number of likely N-dealkylation sites (N-methyl/N-ethyl adjacent to an activating group) is 1. The first-order chi connectivity index (χ1) is 5.20. The van der Waals surface area contributed by atoms with Crippen molar-refractivity contribution in [3.63, 3.8) is 0 Å².